The van der Waals surface area contributed by atoms with Crippen molar-refractivity contribution in [1.82, 2.24) is 20.6 Å². The summed E-state index contributed by atoms with van der Waals surface area (Å²) in [5, 5.41) is 5.04. The average Bonchev–Trinajstić information content (AvgIpc) is 2.52. The Kier molecular flexibility index (Phi) is 4.77. The first kappa shape index (κ1) is 13.7. The van der Waals surface area contributed by atoms with Gasteiger partial charge in [0, 0.05) is 25.1 Å². The molecule has 0 aliphatic carbocycles. The fourth-order valence-corrected chi connectivity index (χ4v) is 1.52. The maximum absolute atomic E-state index is 11.6. The largest absolute Gasteiger partial charge is 0.344 e. The zero-order chi connectivity index (χ0) is 14.2. The van der Waals surface area contributed by atoms with Crippen LogP contribution in [0, 0.1) is 0 Å². The lowest BCUT2D eigenvalue weighted by Crippen LogP contribution is -2.39. The number of carbonyl (C=O) groups is 2. The summed E-state index contributed by atoms with van der Waals surface area (Å²) >= 11 is 0. The topological polar surface area (TPSA) is 84.0 Å². The monoisotopic (exact) mass is 270 g/mol. The van der Waals surface area contributed by atoms with Crippen LogP contribution in [0.5, 0.6) is 0 Å². The zero-order valence-electron chi connectivity index (χ0n) is 10.7. The Morgan fingerprint density at radius 3 is 2.25 bits per heavy atom. The van der Waals surface area contributed by atoms with Crippen molar-refractivity contribution in [2.24, 2.45) is 0 Å². The molecule has 6 nitrogen and oxygen atoms in total. The standard InChI is InChI=1S/C14H14N4O2/c19-13(17-9-11-4-7-15-8-5-11)14(20)18-10-12-3-1-2-6-16-12/h1-8H,9-10H2,(H,17,19)(H,18,20). The third kappa shape index (κ3) is 4.16. The molecular weight excluding hydrogens is 256 g/mol. The summed E-state index contributed by atoms with van der Waals surface area (Å²) < 4.78 is 0. The molecule has 0 spiro atoms. The molecule has 20 heavy (non-hydrogen) atoms. The van der Waals surface area contributed by atoms with Gasteiger partial charge in [0.15, 0.2) is 0 Å². The van der Waals surface area contributed by atoms with E-state index in [1.165, 1.54) is 0 Å². The van der Waals surface area contributed by atoms with Gasteiger partial charge in [-0.25, -0.2) is 0 Å². The molecule has 6 heteroatoms. The van der Waals surface area contributed by atoms with Crippen LogP contribution in [-0.2, 0) is 22.7 Å². The number of pyridine rings is 2. The molecule has 2 amide bonds. The van der Waals surface area contributed by atoms with Crippen LogP contribution in [0.4, 0.5) is 0 Å². The third-order valence-corrected chi connectivity index (χ3v) is 2.56. The van der Waals surface area contributed by atoms with Crippen LogP contribution >= 0.6 is 0 Å². The molecule has 0 bridgehead atoms. The van der Waals surface area contributed by atoms with E-state index in [9.17, 15) is 9.59 Å². The number of aromatic nitrogens is 2. The van der Waals surface area contributed by atoms with E-state index in [4.69, 9.17) is 0 Å². The van der Waals surface area contributed by atoms with Gasteiger partial charge in [-0.15, -0.1) is 0 Å². The number of nitrogens with one attached hydrogen (secondary N) is 2. The Morgan fingerprint density at radius 2 is 1.60 bits per heavy atom. The molecule has 0 saturated carbocycles. The normalized spacial score (nSPS) is 9.80. The highest BCUT2D eigenvalue weighted by Crippen LogP contribution is 1.95. The summed E-state index contributed by atoms with van der Waals surface area (Å²) in [7, 11) is 0. The molecule has 2 aromatic heterocycles. The lowest BCUT2D eigenvalue weighted by molar-refractivity contribution is -0.139. The second kappa shape index (κ2) is 6.98. The Hall–Kier alpha value is -2.76. The molecule has 0 unspecified atom stereocenters. The van der Waals surface area contributed by atoms with Crippen LogP contribution in [0.25, 0.3) is 0 Å². The van der Waals surface area contributed by atoms with Crippen LogP contribution < -0.4 is 10.6 Å². The van der Waals surface area contributed by atoms with Crippen molar-refractivity contribution in [3.63, 3.8) is 0 Å². The van der Waals surface area contributed by atoms with Gasteiger partial charge in [-0.2, -0.15) is 0 Å². The molecule has 102 valence electrons. The molecule has 2 aromatic rings. The van der Waals surface area contributed by atoms with Crippen molar-refractivity contribution in [2.45, 2.75) is 13.1 Å². The first-order chi connectivity index (χ1) is 9.75. The van der Waals surface area contributed by atoms with E-state index >= 15 is 0 Å². The molecule has 0 saturated heterocycles. The van der Waals surface area contributed by atoms with Crippen molar-refractivity contribution in [3.8, 4) is 0 Å². The predicted molar refractivity (Wildman–Crippen MR) is 72.2 cm³/mol. The minimum Gasteiger partial charge on any atom is -0.344 e. The second-order valence-electron chi connectivity index (χ2n) is 4.04. The molecular formula is C14H14N4O2. The van der Waals surface area contributed by atoms with E-state index in [-0.39, 0.29) is 6.54 Å². The smallest absolute Gasteiger partial charge is 0.309 e. The van der Waals surface area contributed by atoms with Gasteiger partial charge < -0.3 is 10.6 Å². The molecule has 0 aromatic carbocycles. The zero-order valence-corrected chi connectivity index (χ0v) is 10.7. The fraction of sp³-hybridized carbons (Fsp3) is 0.143. The number of rotatable bonds is 4. The van der Waals surface area contributed by atoms with Crippen molar-refractivity contribution in [2.75, 3.05) is 0 Å². The minimum absolute atomic E-state index is 0.225. The predicted octanol–water partition coefficient (Wildman–Crippen LogP) is 0.409. The average molecular weight is 270 g/mol. The van der Waals surface area contributed by atoms with Gasteiger partial charge in [0.1, 0.15) is 0 Å². The number of hydrogen-bond acceptors (Lipinski definition) is 4. The summed E-state index contributed by atoms with van der Waals surface area (Å²) in [6.07, 6.45) is 4.89. The maximum Gasteiger partial charge on any atom is 0.309 e. The van der Waals surface area contributed by atoms with Crippen LogP contribution in [-0.4, -0.2) is 21.8 Å². The number of hydrogen-bond donors (Lipinski definition) is 2. The Morgan fingerprint density at radius 1 is 0.900 bits per heavy atom. The van der Waals surface area contributed by atoms with Crippen molar-refractivity contribution in [3.05, 3.63) is 60.2 Å². The Balaban J connectivity index is 1.76. The van der Waals surface area contributed by atoms with Gasteiger partial charge in [0.25, 0.3) is 0 Å². The Bertz CT molecular complexity index is 519. The van der Waals surface area contributed by atoms with Crippen molar-refractivity contribution >= 4 is 11.8 Å². The third-order valence-electron chi connectivity index (χ3n) is 2.56. The van der Waals surface area contributed by atoms with Crippen LogP contribution in [0.15, 0.2) is 48.9 Å². The molecule has 2 N–H and O–H groups in total. The summed E-state index contributed by atoms with van der Waals surface area (Å²) in [6, 6.07) is 8.91. The molecule has 0 aliphatic rings. The van der Waals surface area contributed by atoms with E-state index in [2.05, 4.69) is 20.6 Å². The number of nitrogens with zero attached hydrogens (tertiary/aromatic N) is 2. The van der Waals surface area contributed by atoms with Crippen LogP contribution in [0.3, 0.4) is 0 Å². The molecule has 0 fully saturated rings. The van der Waals surface area contributed by atoms with Gasteiger partial charge in [-0.05, 0) is 29.8 Å². The van der Waals surface area contributed by atoms with Gasteiger partial charge in [0.2, 0.25) is 0 Å². The SMILES string of the molecule is O=C(NCc1ccncc1)C(=O)NCc1ccccn1. The molecule has 0 radical (unpaired) electrons. The van der Waals surface area contributed by atoms with Gasteiger partial charge in [-0.3, -0.25) is 19.6 Å². The van der Waals surface area contributed by atoms with E-state index in [1.54, 1.807) is 42.9 Å². The summed E-state index contributed by atoms with van der Waals surface area (Å²) in [6.45, 7) is 0.515. The lowest BCUT2D eigenvalue weighted by Gasteiger charge is -2.06. The molecule has 2 heterocycles. The van der Waals surface area contributed by atoms with E-state index < -0.39 is 11.8 Å². The quantitative estimate of drug-likeness (QED) is 0.788. The molecule has 0 atom stereocenters. The van der Waals surface area contributed by atoms with Crippen LogP contribution in [0.2, 0.25) is 0 Å². The summed E-state index contributed by atoms with van der Waals surface area (Å²) in [4.78, 5) is 31.1. The van der Waals surface area contributed by atoms with E-state index in [1.807, 2.05) is 6.07 Å². The van der Waals surface area contributed by atoms with E-state index in [0.29, 0.717) is 12.2 Å². The molecule has 2 rings (SSSR count). The van der Waals surface area contributed by atoms with E-state index in [0.717, 1.165) is 5.56 Å². The highest BCUT2D eigenvalue weighted by atomic mass is 16.2. The Labute approximate surface area is 116 Å². The first-order valence-electron chi connectivity index (χ1n) is 6.10. The van der Waals surface area contributed by atoms with Gasteiger partial charge in [0.05, 0.1) is 12.2 Å². The van der Waals surface area contributed by atoms with Gasteiger partial charge in [-0.1, -0.05) is 6.07 Å². The number of amides is 2. The fourth-order valence-electron chi connectivity index (χ4n) is 1.52. The number of carbonyl (C=O) groups excluding carboxylic acids is 2. The highest BCUT2D eigenvalue weighted by Gasteiger charge is 2.12. The van der Waals surface area contributed by atoms with Gasteiger partial charge >= 0.3 is 11.8 Å². The minimum atomic E-state index is -0.676. The van der Waals surface area contributed by atoms with Crippen LogP contribution in [0.1, 0.15) is 11.3 Å². The van der Waals surface area contributed by atoms with Crippen molar-refractivity contribution in [1.29, 1.82) is 0 Å². The molecule has 0 aliphatic heterocycles. The summed E-state index contributed by atoms with van der Waals surface area (Å²) in [5.41, 5.74) is 1.58. The highest BCUT2D eigenvalue weighted by molar-refractivity contribution is 6.35. The second-order valence-corrected chi connectivity index (χ2v) is 4.04. The summed E-state index contributed by atoms with van der Waals surface area (Å²) in [5.74, 6) is -1.34. The lowest BCUT2D eigenvalue weighted by atomic mass is 10.3. The van der Waals surface area contributed by atoms with Crippen molar-refractivity contribution < 1.29 is 9.59 Å². The maximum atomic E-state index is 11.6. The first-order valence-corrected chi connectivity index (χ1v) is 6.10.